The number of nitrogens with zero attached hydrogens (tertiary/aromatic N) is 1. The van der Waals surface area contributed by atoms with Gasteiger partial charge in [-0.3, -0.25) is 0 Å². The standard InChI is InChI=1S/C6H4NO.Re/c8-5-6-3-1-2-4-7-6;/h1-3,5H;/q-1;. The maximum Gasteiger partial charge on any atom is 0.113 e. The summed E-state index contributed by atoms with van der Waals surface area (Å²) < 4.78 is 0. The molecule has 0 aromatic carbocycles. The fourth-order valence-electron chi connectivity index (χ4n) is 0.404. The van der Waals surface area contributed by atoms with Gasteiger partial charge in [0.25, 0.3) is 0 Å². The van der Waals surface area contributed by atoms with E-state index >= 15 is 0 Å². The molecule has 1 radical (unpaired) electrons. The first-order valence-corrected chi connectivity index (χ1v) is 2.22. The maximum atomic E-state index is 9.92. The van der Waals surface area contributed by atoms with Gasteiger partial charge in [-0.25, -0.2) is 0 Å². The van der Waals surface area contributed by atoms with Gasteiger partial charge in [-0.1, -0.05) is 6.20 Å². The van der Waals surface area contributed by atoms with Crippen molar-refractivity contribution in [2.75, 3.05) is 0 Å². The Labute approximate surface area is 67.0 Å². The molecule has 3 heteroatoms. The van der Waals surface area contributed by atoms with Crippen LogP contribution in [0.25, 0.3) is 0 Å². The molecule has 9 heavy (non-hydrogen) atoms. The normalized spacial score (nSPS) is 7.56. The molecular weight excluding hydrogens is 288 g/mol. The van der Waals surface area contributed by atoms with Crippen molar-refractivity contribution in [3.63, 3.8) is 0 Å². The number of pyridine rings is 1. The number of carbonyl (C=O) groups excluding carboxylic acids is 1. The van der Waals surface area contributed by atoms with Gasteiger partial charge in [-0.15, -0.1) is 6.07 Å². The molecule has 0 saturated carbocycles. The van der Waals surface area contributed by atoms with E-state index in [2.05, 4.69) is 11.2 Å². The molecule has 0 N–H and O–H groups in total. The summed E-state index contributed by atoms with van der Waals surface area (Å²) in [4.78, 5) is 13.5. The van der Waals surface area contributed by atoms with Crippen LogP contribution in [0.3, 0.4) is 0 Å². The minimum absolute atomic E-state index is 0. The van der Waals surface area contributed by atoms with Crippen LogP contribution in [0.1, 0.15) is 10.5 Å². The summed E-state index contributed by atoms with van der Waals surface area (Å²) in [6.07, 6.45) is 3.22. The topological polar surface area (TPSA) is 30.0 Å². The Morgan fingerprint density at radius 1 is 1.67 bits per heavy atom. The monoisotopic (exact) mass is 293 g/mol. The van der Waals surface area contributed by atoms with Crippen molar-refractivity contribution in [1.82, 2.24) is 4.98 Å². The summed E-state index contributed by atoms with van der Waals surface area (Å²) in [6.45, 7) is 0. The van der Waals surface area contributed by atoms with Crippen molar-refractivity contribution < 1.29 is 25.2 Å². The molecule has 0 spiro atoms. The van der Waals surface area contributed by atoms with E-state index in [9.17, 15) is 4.79 Å². The molecule has 1 rings (SSSR count). The summed E-state index contributed by atoms with van der Waals surface area (Å²) in [6, 6.07) is 4.99. The fourth-order valence-corrected chi connectivity index (χ4v) is 0.404. The van der Waals surface area contributed by atoms with E-state index in [4.69, 9.17) is 0 Å². The molecule has 0 bridgehead atoms. The number of rotatable bonds is 1. The summed E-state index contributed by atoms with van der Waals surface area (Å²) in [5, 5.41) is 0. The van der Waals surface area contributed by atoms with Crippen LogP contribution in [0.5, 0.6) is 0 Å². The van der Waals surface area contributed by atoms with Crippen LogP contribution in [0.2, 0.25) is 0 Å². The second kappa shape index (κ2) is 4.37. The third-order valence-electron chi connectivity index (χ3n) is 0.752. The first-order chi connectivity index (χ1) is 3.93. The summed E-state index contributed by atoms with van der Waals surface area (Å²) in [5.74, 6) is 0. The predicted octanol–water partition coefficient (Wildman–Crippen LogP) is 0.692. The first kappa shape index (κ1) is 8.48. The molecule has 0 aliphatic heterocycles. The average molecular weight is 292 g/mol. The Bertz CT molecular complexity index is 176. The number of aldehydes is 1. The third-order valence-corrected chi connectivity index (χ3v) is 0.752. The van der Waals surface area contributed by atoms with Crippen molar-refractivity contribution >= 4 is 6.29 Å². The molecule has 0 unspecified atom stereocenters. The second-order valence-corrected chi connectivity index (χ2v) is 1.31. The molecule has 47 valence electrons. The van der Waals surface area contributed by atoms with Crippen LogP contribution in [0.4, 0.5) is 0 Å². The van der Waals surface area contributed by atoms with Gasteiger partial charge >= 0.3 is 0 Å². The molecule has 0 amide bonds. The molecule has 0 aliphatic rings. The van der Waals surface area contributed by atoms with E-state index in [1.54, 1.807) is 18.2 Å². The van der Waals surface area contributed by atoms with Crippen molar-refractivity contribution in [2.45, 2.75) is 0 Å². The quantitative estimate of drug-likeness (QED) is 0.563. The van der Waals surface area contributed by atoms with Crippen LogP contribution in [0, 0.1) is 6.20 Å². The van der Waals surface area contributed by atoms with Crippen molar-refractivity contribution in [3.8, 4) is 0 Å². The van der Waals surface area contributed by atoms with Crippen molar-refractivity contribution in [3.05, 3.63) is 30.1 Å². The van der Waals surface area contributed by atoms with E-state index in [-0.39, 0.29) is 20.4 Å². The molecule has 0 saturated heterocycles. The molecule has 2 nitrogen and oxygen atoms in total. The number of hydrogen-bond acceptors (Lipinski definition) is 2. The van der Waals surface area contributed by atoms with E-state index in [0.29, 0.717) is 12.0 Å². The Hall–Kier alpha value is -0.518. The summed E-state index contributed by atoms with van der Waals surface area (Å²) in [7, 11) is 0. The Kier molecular flexibility index (Phi) is 4.12. The smallest absolute Gasteiger partial charge is 0.113 e. The molecule has 0 atom stereocenters. The SMILES string of the molecule is O=Cc1ccc[c-]n1.[Re]. The van der Waals surface area contributed by atoms with E-state index in [0.717, 1.165) is 0 Å². The maximum absolute atomic E-state index is 9.92. The Morgan fingerprint density at radius 2 is 2.44 bits per heavy atom. The molecule has 0 fully saturated rings. The van der Waals surface area contributed by atoms with E-state index in [1.165, 1.54) is 0 Å². The largest absolute Gasteiger partial charge is 0.383 e. The van der Waals surface area contributed by atoms with Gasteiger partial charge in [0.15, 0.2) is 0 Å². The Balaban J connectivity index is 0.000000640. The third kappa shape index (κ3) is 2.50. The summed E-state index contributed by atoms with van der Waals surface area (Å²) >= 11 is 0. The number of carbonyl (C=O) groups is 1. The van der Waals surface area contributed by atoms with Gasteiger partial charge in [0.05, 0.1) is 0 Å². The van der Waals surface area contributed by atoms with Crippen molar-refractivity contribution in [2.24, 2.45) is 0 Å². The molecule has 0 aliphatic carbocycles. The van der Waals surface area contributed by atoms with Crippen LogP contribution < -0.4 is 0 Å². The van der Waals surface area contributed by atoms with Gasteiger partial charge in [-0.05, 0) is 5.69 Å². The van der Waals surface area contributed by atoms with E-state index < -0.39 is 0 Å². The van der Waals surface area contributed by atoms with Crippen LogP contribution in [-0.4, -0.2) is 11.3 Å². The van der Waals surface area contributed by atoms with Crippen LogP contribution >= 0.6 is 0 Å². The van der Waals surface area contributed by atoms with Gasteiger partial charge in [0.1, 0.15) is 6.29 Å². The van der Waals surface area contributed by atoms with Crippen LogP contribution in [-0.2, 0) is 20.4 Å². The zero-order valence-electron chi connectivity index (χ0n) is 4.54. The van der Waals surface area contributed by atoms with Gasteiger partial charge in [0.2, 0.25) is 0 Å². The minimum atomic E-state index is 0. The van der Waals surface area contributed by atoms with Crippen molar-refractivity contribution in [1.29, 1.82) is 0 Å². The van der Waals surface area contributed by atoms with Crippen LogP contribution in [0.15, 0.2) is 18.2 Å². The molecular formula is C6H4NORe-. The Morgan fingerprint density at radius 3 is 2.78 bits per heavy atom. The van der Waals surface area contributed by atoms with Gasteiger partial charge in [-0.2, -0.15) is 12.1 Å². The van der Waals surface area contributed by atoms with Gasteiger partial charge in [0, 0.05) is 20.4 Å². The second-order valence-electron chi connectivity index (χ2n) is 1.31. The zero-order chi connectivity index (χ0) is 5.82. The average Bonchev–Trinajstić information content (AvgIpc) is 1.90. The fraction of sp³-hybridized carbons (Fsp3) is 0. The molecule has 1 aromatic heterocycles. The molecule has 1 aromatic rings. The number of aromatic nitrogens is 1. The first-order valence-electron chi connectivity index (χ1n) is 2.22. The van der Waals surface area contributed by atoms with Gasteiger partial charge < -0.3 is 9.78 Å². The number of hydrogen-bond donors (Lipinski definition) is 0. The van der Waals surface area contributed by atoms with E-state index in [1.807, 2.05) is 0 Å². The predicted molar refractivity (Wildman–Crippen MR) is 28.5 cm³/mol. The zero-order valence-corrected chi connectivity index (χ0v) is 7.26. The molecule has 1 heterocycles. The minimum Gasteiger partial charge on any atom is -0.383 e. The summed E-state index contributed by atoms with van der Waals surface area (Å²) in [5.41, 5.74) is 0.424.